The summed E-state index contributed by atoms with van der Waals surface area (Å²) >= 11 is 0. The highest BCUT2D eigenvalue weighted by atomic mass is 16.5. The molecular formula is C15H15NO3. The molecule has 0 aliphatic rings. The molecule has 4 heteroatoms. The number of carbonyl (C=O) groups excluding carboxylic acids is 1. The van der Waals surface area contributed by atoms with Crippen LogP contribution in [0.1, 0.15) is 15.9 Å². The zero-order valence-electron chi connectivity index (χ0n) is 10.7. The fraction of sp³-hybridized carbons (Fsp3) is 0.200. The van der Waals surface area contributed by atoms with E-state index < -0.39 is 0 Å². The second-order valence-corrected chi connectivity index (χ2v) is 3.96. The molecule has 1 heterocycles. The molecule has 1 aromatic carbocycles. The fourth-order valence-corrected chi connectivity index (χ4v) is 1.61. The minimum Gasteiger partial charge on any atom is -0.481 e. The molecule has 0 aliphatic carbocycles. The van der Waals surface area contributed by atoms with Crippen molar-refractivity contribution < 1.29 is 14.3 Å². The first-order chi connectivity index (χ1) is 9.29. The van der Waals surface area contributed by atoms with Crippen molar-refractivity contribution in [1.29, 1.82) is 0 Å². The third-order valence-electron chi connectivity index (χ3n) is 2.65. The molecule has 0 saturated carbocycles. The largest absolute Gasteiger partial charge is 0.481 e. The van der Waals surface area contributed by atoms with Crippen molar-refractivity contribution in [3.63, 3.8) is 0 Å². The Balaban J connectivity index is 1.84. The smallest absolute Gasteiger partial charge is 0.339 e. The minimum atomic E-state index is -0.369. The van der Waals surface area contributed by atoms with Gasteiger partial charge >= 0.3 is 5.97 Å². The lowest BCUT2D eigenvalue weighted by Crippen LogP contribution is -2.08. The predicted molar refractivity (Wildman–Crippen MR) is 71.2 cm³/mol. The van der Waals surface area contributed by atoms with Gasteiger partial charge in [0.15, 0.2) is 0 Å². The summed E-state index contributed by atoms with van der Waals surface area (Å²) in [4.78, 5) is 15.7. The molecule has 1 aromatic heterocycles. The van der Waals surface area contributed by atoms with Crippen LogP contribution in [0.2, 0.25) is 0 Å². The summed E-state index contributed by atoms with van der Waals surface area (Å²) in [6, 6.07) is 13.2. The van der Waals surface area contributed by atoms with Gasteiger partial charge in [0.25, 0.3) is 0 Å². The average molecular weight is 257 g/mol. The zero-order chi connectivity index (χ0) is 13.5. The second-order valence-electron chi connectivity index (χ2n) is 3.96. The van der Waals surface area contributed by atoms with Crippen LogP contribution in [-0.4, -0.2) is 24.7 Å². The quantitative estimate of drug-likeness (QED) is 0.772. The highest BCUT2D eigenvalue weighted by Crippen LogP contribution is 2.08. The van der Waals surface area contributed by atoms with Gasteiger partial charge in [-0.2, -0.15) is 0 Å². The van der Waals surface area contributed by atoms with E-state index in [1.807, 2.05) is 30.3 Å². The first kappa shape index (κ1) is 13.1. The molecule has 4 nitrogen and oxygen atoms in total. The lowest BCUT2D eigenvalue weighted by atomic mass is 10.2. The summed E-state index contributed by atoms with van der Waals surface area (Å²) in [5.41, 5.74) is 1.57. The van der Waals surface area contributed by atoms with Crippen LogP contribution in [0.5, 0.6) is 5.88 Å². The average Bonchev–Trinajstić information content (AvgIpc) is 2.48. The van der Waals surface area contributed by atoms with Crippen molar-refractivity contribution in [2.24, 2.45) is 0 Å². The van der Waals surface area contributed by atoms with E-state index in [0.717, 1.165) is 5.56 Å². The summed E-state index contributed by atoms with van der Waals surface area (Å²) in [6.07, 6.45) is 2.15. The van der Waals surface area contributed by atoms with Gasteiger partial charge in [0, 0.05) is 18.7 Å². The summed E-state index contributed by atoms with van der Waals surface area (Å²) < 4.78 is 10.1. The van der Waals surface area contributed by atoms with Crippen molar-refractivity contribution in [2.75, 3.05) is 13.7 Å². The maximum atomic E-state index is 11.7. The van der Waals surface area contributed by atoms with E-state index in [9.17, 15) is 4.79 Å². The molecule has 2 aromatic rings. The molecule has 0 unspecified atom stereocenters. The Labute approximate surface area is 112 Å². The number of benzene rings is 1. The van der Waals surface area contributed by atoms with E-state index in [-0.39, 0.29) is 5.97 Å². The van der Waals surface area contributed by atoms with E-state index in [0.29, 0.717) is 24.5 Å². The van der Waals surface area contributed by atoms with Gasteiger partial charge in [0.2, 0.25) is 5.88 Å². The van der Waals surface area contributed by atoms with Crippen LogP contribution in [-0.2, 0) is 11.2 Å². The summed E-state index contributed by atoms with van der Waals surface area (Å²) in [6.45, 7) is 0.356. The molecule has 98 valence electrons. The van der Waals surface area contributed by atoms with Crippen molar-refractivity contribution in [1.82, 2.24) is 4.98 Å². The van der Waals surface area contributed by atoms with Crippen molar-refractivity contribution in [3.05, 3.63) is 59.8 Å². The van der Waals surface area contributed by atoms with E-state index >= 15 is 0 Å². The Kier molecular flexibility index (Phi) is 4.50. The number of carbonyl (C=O) groups is 1. The molecular weight excluding hydrogens is 242 g/mol. The van der Waals surface area contributed by atoms with E-state index in [1.54, 1.807) is 12.1 Å². The molecule has 0 fully saturated rings. The molecule has 0 spiro atoms. The number of rotatable bonds is 5. The molecule has 0 radical (unpaired) electrons. The molecule has 0 saturated heterocycles. The lowest BCUT2D eigenvalue weighted by Gasteiger charge is -2.05. The molecule has 0 atom stereocenters. The highest BCUT2D eigenvalue weighted by Gasteiger charge is 2.07. The predicted octanol–water partition coefficient (Wildman–Crippen LogP) is 2.49. The number of methoxy groups -OCH3 is 1. The zero-order valence-corrected chi connectivity index (χ0v) is 10.7. The van der Waals surface area contributed by atoms with Crippen LogP contribution in [0, 0.1) is 0 Å². The molecule has 2 rings (SSSR count). The van der Waals surface area contributed by atoms with Gasteiger partial charge in [0.1, 0.15) is 0 Å². The Morgan fingerprint density at radius 1 is 1.16 bits per heavy atom. The van der Waals surface area contributed by atoms with Gasteiger partial charge in [-0.15, -0.1) is 0 Å². The Hall–Kier alpha value is -2.36. The molecule has 0 amide bonds. The van der Waals surface area contributed by atoms with Gasteiger partial charge in [-0.25, -0.2) is 9.78 Å². The standard InChI is InChI=1S/C15H15NO3/c1-18-14-8-7-13(11-16-14)15(17)19-10-9-12-5-3-2-4-6-12/h2-8,11H,9-10H2,1H3. The van der Waals surface area contributed by atoms with Gasteiger partial charge in [-0.1, -0.05) is 30.3 Å². The van der Waals surface area contributed by atoms with E-state index in [4.69, 9.17) is 9.47 Å². The van der Waals surface area contributed by atoms with Crippen LogP contribution in [0.3, 0.4) is 0 Å². The summed E-state index contributed by atoms with van der Waals surface area (Å²) in [5, 5.41) is 0. The molecule has 0 N–H and O–H groups in total. The van der Waals surface area contributed by atoms with E-state index in [1.165, 1.54) is 13.3 Å². The fourth-order valence-electron chi connectivity index (χ4n) is 1.61. The van der Waals surface area contributed by atoms with Crippen molar-refractivity contribution in [3.8, 4) is 5.88 Å². The van der Waals surface area contributed by atoms with Crippen LogP contribution < -0.4 is 4.74 Å². The normalized spacial score (nSPS) is 9.95. The third kappa shape index (κ3) is 3.81. The SMILES string of the molecule is COc1ccc(C(=O)OCCc2ccccc2)cn1. The lowest BCUT2D eigenvalue weighted by molar-refractivity contribution is 0.0508. The van der Waals surface area contributed by atoms with Crippen molar-refractivity contribution >= 4 is 5.97 Å². The second kappa shape index (κ2) is 6.54. The maximum absolute atomic E-state index is 11.7. The van der Waals surface area contributed by atoms with Crippen LogP contribution in [0.25, 0.3) is 0 Å². The highest BCUT2D eigenvalue weighted by molar-refractivity contribution is 5.89. The van der Waals surface area contributed by atoms with Gasteiger partial charge in [-0.05, 0) is 11.6 Å². The van der Waals surface area contributed by atoms with Gasteiger partial charge in [-0.3, -0.25) is 0 Å². The van der Waals surface area contributed by atoms with Gasteiger partial charge < -0.3 is 9.47 Å². The number of pyridine rings is 1. The van der Waals surface area contributed by atoms with Crippen LogP contribution in [0.4, 0.5) is 0 Å². The molecule has 19 heavy (non-hydrogen) atoms. The van der Waals surface area contributed by atoms with E-state index in [2.05, 4.69) is 4.98 Å². The Bertz CT molecular complexity index is 523. The number of ether oxygens (including phenoxy) is 2. The van der Waals surface area contributed by atoms with Crippen LogP contribution >= 0.6 is 0 Å². The number of nitrogens with zero attached hydrogens (tertiary/aromatic N) is 1. The maximum Gasteiger partial charge on any atom is 0.339 e. The summed E-state index contributed by atoms with van der Waals surface area (Å²) in [5.74, 6) is 0.104. The Morgan fingerprint density at radius 2 is 1.95 bits per heavy atom. The topological polar surface area (TPSA) is 48.4 Å². The monoisotopic (exact) mass is 257 g/mol. The third-order valence-corrected chi connectivity index (χ3v) is 2.65. The molecule has 0 aliphatic heterocycles. The van der Waals surface area contributed by atoms with Crippen molar-refractivity contribution in [2.45, 2.75) is 6.42 Å². The first-order valence-corrected chi connectivity index (χ1v) is 6.00. The number of aromatic nitrogens is 1. The first-order valence-electron chi connectivity index (χ1n) is 6.00. The van der Waals surface area contributed by atoms with Gasteiger partial charge in [0.05, 0.1) is 19.3 Å². The minimum absolute atomic E-state index is 0.356. The van der Waals surface area contributed by atoms with Crippen LogP contribution in [0.15, 0.2) is 48.7 Å². The summed E-state index contributed by atoms with van der Waals surface area (Å²) in [7, 11) is 1.53. The Morgan fingerprint density at radius 3 is 2.58 bits per heavy atom. The number of esters is 1. The number of hydrogen-bond acceptors (Lipinski definition) is 4. The molecule has 0 bridgehead atoms. The number of hydrogen-bond donors (Lipinski definition) is 0.